The summed E-state index contributed by atoms with van der Waals surface area (Å²) in [5, 5.41) is 10.9. The predicted molar refractivity (Wildman–Crippen MR) is 62.9 cm³/mol. The van der Waals surface area contributed by atoms with Gasteiger partial charge in [0.25, 0.3) is 0 Å². The van der Waals surface area contributed by atoms with Crippen LogP contribution in [0.3, 0.4) is 0 Å². The minimum Gasteiger partial charge on any atom is -0.294 e. The number of rotatable bonds is 2. The molecule has 88 valence electrons. The summed E-state index contributed by atoms with van der Waals surface area (Å²) in [4.78, 5) is 12.0. The number of aromatic nitrogens is 4. The summed E-state index contributed by atoms with van der Waals surface area (Å²) >= 11 is 0. The van der Waals surface area contributed by atoms with Gasteiger partial charge in [-0.15, -0.1) is 5.10 Å². The summed E-state index contributed by atoms with van der Waals surface area (Å²) in [5.74, 6) is 0.126. The maximum Gasteiger partial charge on any atom is 0.168 e. The molecule has 0 saturated heterocycles. The van der Waals surface area contributed by atoms with Crippen LogP contribution in [0.1, 0.15) is 31.1 Å². The number of ketones is 1. The molecule has 0 N–H and O–H groups in total. The van der Waals surface area contributed by atoms with E-state index in [1.54, 1.807) is 16.8 Å². The number of carbonyl (C=O) groups excluding carboxylic acids is 1. The van der Waals surface area contributed by atoms with Gasteiger partial charge in [0.15, 0.2) is 5.78 Å². The Kier molecular flexibility index (Phi) is 2.75. The van der Waals surface area contributed by atoms with Crippen molar-refractivity contribution in [2.45, 2.75) is 20.8 Å². The summed E-state index contributed by atoms with van der Waals surface area (Å²) in [7, 11) is 0. The van der Waals surface area contributed by atoms with Gasteiger partial charge in [-0.1, -0.05) is 20.8 Å². The van der Waals surface area contributed by atoms with Crippen molar-refractivity contribution in [2.24, 2.45) is 5.41 Å². The van der Waals surface area contributed by atoms with Gasteiger partial charge in [-0.25, -0.2) is 4.68 Å². The van der Waals surface area contributed by atoms with Crippen molar-refractivity contribution in [2.75, 3.05) is 0 Å². The van der Waals surface area contributed by atoms with E-state index in [2.05, 4.69) is 15.5 Å². The van der Waals surface area contributed by atoms with E-state index in [1.807, 2.05) is 32.9 Å². The highest BCUT2D eigenvalue weighted by Gasteiger charge is 2.22. The summed E-state index contributed by atoms with van der Waals surface area (Å²) in [5.41, 5.74) is 1.17. The van der Waals surface area contributed by atoms with E-state index in [0.717, 1.165) is 5.69 Å². The molecule has 1 aromatic heterocycles. The van der Waals surface area contributed by atoms with Gasteiger partial charge in [0, 0.05) is 11.0 Å². The lowest BCUT2D eigenvalue weighted by molar-refractivity contribution is 0.0858. The quantitative estimate of drug-likeness (QED) is 0.739. The third-order valence-electron chi connectivity index (χ3n) is 2.42. The van der Waals surface area contributed by atoms with Gasteiger partial charge < -0.3 is 0 Å². The van der Waals surface area contributed by atoms with Crippen molar-refractivity contribution in [3.05, 3.63) is 36.2 Å². The number of hydrogen-bond donors (Lipinski definition) is 0. The molecule has 5 heteroatoms. The highest BCUT2D eigenvalue weighted by atomic mass is 16.1. The van der Waals surface area contributed by atoms with Crippen LogP contribution >= 0.6 is 0 Å². The average molecular weight is 230 g/mol. The monoisotopic (exact) mass is 230 g/mol. The molecule has 0 bridgehead atoms. The first-order chi connectivity index (χ1) is 7.98. The molecule has 0 aliphatic carbocycles. The van der Waals surface area contributed by atoms with Crippen molar-refractivity contribution < 1.29 is 4.79 Å². The number of hydrogen-bond acceptors (Lipinski definition) is 4. The molecule has 0 fully saturated rings. The van der Waals surface area contributed by atoms with Gasteiger partial charge >= 0.3 is 0 Å². The first kappa shape index (κ1) is 11.4. The fourth-order valence-corrected chi connectivity index (χ4v) is 1.48. The third-order valence-corrected chi connectivity index (χ3v) is 2.42. The van der Waals surface area contributed by atoms with E-state index in [4.69, 9.17) is 0 Å². The van der Waals surface area contributed by atoms with E-state index >= 15 is 0 Å². The summed E-state index contributed by atoms with van der Waals surface area (Å²) < 4.78 is 1.55. The fraction of sp³-hybridized carbons (Fsp3) is 0.333. The zero-order valence-electron chi connectivity index (χ0n) is 10.1. The second-order valence-corrected chi connectivity index (χ2v) is 4.88. The van der Waals surface area contributed by atoms with Crippen LogP contribution in [0.25, 0.3) is 5.69 Å². The molecule has 1 aromatic carbocycles. The van der Waals surface area contributed by atoms with Crippen LogP contribution in [0.4, 0.5) is 0 Å². The first-order valence-corrected chi connectivity index (χ1v) is 5.37. The van der Waals surface area contributed by atoms with E-state index in [-0.39, 0.29) is 11.2 Å². The number of carbonyl (C=O) groups is 1. The van der Waals surface area contributed by atoms with Crippen molar-refractivity contribution in [1.82, 2.24) is 20.2 Å². The van der Waals surface area contributed by atoms with E-state index in [9.17, 15) is 4.79 Å². The Labute approximate surface area is 99.5 Å². The minimum atomic E-state index is -0.365. The third kappa shape index (κ3) is 2.38. The zero-order valence-corrected chi connectivity index (χ0v) is 10.1. The normalized spacial score (nSPS) is 11.5. The smallest absolute Gasteiger partial charge is 0.168 e. The molecule has 1 heterocycles. The van der Waals surface area contributed by atoms with Gasteiger partial charge in [-0.2, -0.15) is 0 Å². The van der Waals surface area contributed by atoms with Crippen LogP contribution in [0.15, 0.2) is 30.6 Å². The second kappa shape index (κ2) is 4.08. The first-order valence-electron chi connectivity index (χ1n) is 5.37. The van der Waals surface area contributed by atoms with Crippen molar-refractivity contribution in [3.8, 4) is 5.69 Å². The molecule has 0 spiro atoms. The Morgan fingerprint density at radius 1 is 1.18 bits per heavy atom. The Bertz CT molecular complexity index is 508. The van der Waals surface area contributed by atoms with E-state index in [0.29, 0.717) is 5.56 Å². The highest BCUT2D eigenvalue weighted by Crippen LogP contribution is 2.21. The molecule has 5 nitrogen and oxygen atoms in total. The fourth-order valence-electron chi connectivity index (χ4n) is 1.48. The lowest BCUT2D eigenvalue weighted by Gasteiger charge is -2.16. The topological polar surface area (TPSA) is 60.7 Å². The van der Waals surface area contributed by atoms with Gasteiger partial charge in [-0.3, -0.25) is 4.79 Å². The molecule has 0 amide bonds. The molecule has 0 radical (unpaired) electrons. The Hall–Kier alpha value is -2.04. The molecular weight excluding hydrogens is 216 g/mol. The largest absolute Gasteiger partial charge is 0.294 e. The second-order valence-electron chi connectivity index (χ2n) is 4.88. The van der Waals surface area contributed by atoms with Crippen molar-refractivity contribution in [3.63, 3.8) is 0 Å². The van der Waals surface area contributed by atoms with Crippen LogP contribution in [0, 0.1) is 5.41 Å². The van der Waals surface area contributed by atoms with Gasteiger partial charge in [0.05, 0.1) is 5.69 Å². The number of nitrogens with zero attached hydrogens (tertiary/aromatic N) is 4. The highest BCUT2D eigenvalue weighted by molar-refractivity contribution is 5.99. The molecule has 0 atom stereocenters. The molecule has 0 aliphatic heterocycles. The number of Topliss-reactive ketones (excluding diaryl/α,β-unsaturated/α-hetero) is 1. The summed E-state index contributed by atoms with van der Waals surface area (Å²) in [6.45, 7) is 5.72. The van der Waals surface area contributed by atoms with Crippen LogP contribution in [-0.4, -0.2) is 26.0 Å². The molecule has 17 heavy (non-hydrogen) atoms. The predicted octanol–water partition coefficient (Wildman–Crippen LogP) is 1.89. The standard InChI is InChI=1S/C12H14N4O/c1-12(2,3)11(17)9-4-6-10(7-5-9)16-8-13-14-15-16/h4-8H,1-3H3. The Morgan fingerprint density at radius 2 is 1.82 bits per heavy atom. The van der Waals surface area contributed by atoms with Gasteiger partial charge in [0.1, 0.15) is 6.33 Å². The number of benzene rings is 1. The Morgan fingerprint density at radius 3 is 2.29 bits per heavy atom. The molecule has 2 rings (SSSR count). The maximum absolute atomic E-state index is 12.0. The lowest BCUT2D eigenvalue weighted by atomic mass is 9.86. The van der Waals surface area contributed by atoms with Crippen LogP contribution in [0.5, 0.6) is 0 Å². The van der Waals surface area contributed by atoms with Crippen molar-refractivity contribution >= 4 is 5.78 Å². The SMILES string of the molecule is CC(C)(C)C(=O)c1ccc(-n2cnnn2)cc1. The molecule has 0 saturated carbocycles. The van der Waals surface area contributed by atoms with Crippen LogP contribution in [-0.2, 0) is 0 Å². The van der Waals surface area contributed by atoms with Crippen molar-refractivity contribution in [1.29, 1.82) is 0 Å². The van der Waals surface area contributed by atoms with E-state index in [1.165, 1.54) is 6.33 Å². The summed E-state index contributed by atoms with van der Waals surface area (Å²) in [6, 6.07) is 7.25. The van der Waals surface area contributed by atoms with Crippen LogP contribution < -0.4 is 0 Å². The Balaban J connectivity index is 2.28. The average Bonchev–Trinajstić information content (AvgIpc) is 2.80. The minimum absolute atomic E-state index is 0.126. The van der Waals surface area contributed by atoms with Crippen LogP contribution in [0.2, 0.25) is 0 Å². The lowest BCUT2D eigenvalue weighted by Crippen LogP contribution is -2.20. The van der Waals surface area contributed by atoms with Gasteiger partial charge in [0.2, 0.25) is 0 Å². The molecule has 0 aliphatic rings. The van der Waals surface area contributed by atoms with E-state index < -0.39 is 0 Å². The summed E-state index contributed by atoms with van der Waals surface area (Å²) in [6.07, 6.45) is 1.51. The maximum atomic E-state index is 12.0. The zero-order chi connectivity index (χ0) is 12.5. The number of tetrazole rings is 1. The molecule has 2 aromatic rings. The van der Waals surface area contributed by atoms with Gasteiger partial charge in [-0.05, 0) is 34.7 Å². The molecular formula is C12H14N4O. The molecule has 0 unspecified atom stereocenters.